The molecule has 1 atom stereocenters. The maximum absolute atomic E-state index is 13.6. The SMILES string of the molecule is O=C(COC(=O)c1ccccc1SC[C@@H]1CCCO1)NCc1ccccc1F. The number of carbonyl (C=O) groups is 2. The molecule has 1 amide bonds. The molecule has 2 aromatic carbocycles. The number of hydrogen-bond donors (Lipinski definition) is 1. The van der Waals surface area contributed by atoms with Crippen LogP contribution in [0.4, 0.5) is 4.39 Å². The summed E-state index contributed by atoms with van der Waals surface area (Å²) in [6, 6.07) is 13.3. The summed E-state index contributed by atoms with van der Waals surface area (Å²) in [5.41, 5.74) is 0.797. The molecule has 1 fully saturated rings. The van der Waals surface area contributed by atoms with E-state index in [1.807, 2.05) is 12.1 Å². The molecule has 7 heteroatoms. The fourth-order valence-electron chi connectivity index (χ4n) is 2.82. The number of ether oxygens (including phenoxy) is 2. The fraction of sp³-hybridized carbons (Fsp3) is 0.333. The largest absolute Gasteiger partial charge is 0.452 e. The van der Waals surface area contributed by atoms with Crippen molar-refractivity contribution in [3.63, 3.8) is 0 Å². The Balaban J connectivity index is 1.48. The Labute approximate surface area is 167 Å². The van der Waals surface area contributed by atoms with Crippen LogP contribution in [0, 0.1) is 5.82 Å². The first-order valence-electron chi connectivity index (χ1n) is 9.14. The lowest BCUT2D eigenvalue weighted by Gasteiger charge is -2.12. The van der Waals surface area contributed by atoms with Gasteiger partial charge in [-0.2, -0.15) is 0 Å². The molecule has 1 N–H and O–H groups in total. The van der Waals surface area contributed by atoms with E-state index in [4.69, 9.17) is 9.47 Å². The first-order valence-corrected chi connectivity index (χ1v) is 10.1. The van der Waals surface area contributed by atoms with E-state index >= 15 is 0 Å². The topological polar surface area (TPSA) is 64.6 Å². The molecule has 1 aliphatic rings. The smallest absolute Gasteiger partial charge is 0.339 e. The van der Waals surface area contributed by atoms with Crippen LogP contribution in [-0.2, 0) is 20.8 Å². The zero-order valence-corrected chi connectivity index (χ0v) is 16.2. The van der Waals surface area contributed by atoms with Crippen LogP contribution in [0.3, 0.4) is 0 Å². The summed E-state index contributed by atoms with van der Waals surface area (Å²) in [6.07, 6.45) is 2.30. The Morgan fingerprint density at radius 2 is 1.96 bits per heavy atom. The Hall–Kier alpha value is -2.38. The number of halogens is 1. The van der Waals surface area contributed by atoms with Crippen molar-refractivity contribution in [1.82, 2.24) is 5.32 Å². The number of rotatable bonds is 8. The molecule has 1 saturated heterocycles. The van der Waals surface area contributed by atoms with Crippen molar-refractivity contribution in [2.75, 3.05) is 19.0 Å². The van der Waals surface area contributed by atoms with Crippen molar-refractivity contribution < 1.29 is 23.5 Å². The fourth-order valence-corrected chi connectivity index (χ4v) is 3.93. The van der Waals surface area contributed by atoms with Crippen LogP contribution in [0.5, 0.6) is 0 Å². The second-order valence-corrected chi connectivity index (χ2v) is 7.45. The molecular formula is C21H22FNO4S. The average Bonchev–Trinajstić information content (AvgIpc) is 3.24. The highest BCUT2D eigenvalue weighted by molar-refractivity contribution is 7.99. The second-order valence-electron chi connectivity index (χ2n) is 6.39. The zero-order chi connectivity index (χ0) is 19.8. The summed E-state index contributed by atoms with van der Waals surface area (Å²) < 4.78 is 24.3. The highest BCUT2D eigenvalue weighted by Crippen LogP contribution is 2.27. The molecule has 1 aliphatic heterocycles. The molecule has 0 aromatic heterocycles. The van der Waals surface area contributed by atoms with Crippen LogP contribution < -0.4 is 5.32 Å². The highest BCUT2D eigenvalue weighted by atomic mass is 32.2. The molecule has 0 spiro atoms. The molecule has 5 nitrogen and oxygen atoms in total. The number of thioether (sulfide) groups is 1. The number of esters is 1. The van der Waals surface area contributed by atoms with E-state index in [1.165, 1.54) is 6.07 Å². The normalized spacial score (nSPS) is 16.0. The first-order chi connectivity index (χ1) is 13.6. The van der Waals surface area contributed by atoms with Crippen LogP contribution >= 0.6 is 11.8 Å². The van der Waals surface area contributed by atoms with Crippen LogP contribution in [0.1, 0.15) is 28.8 Å². The molecule has 0 radical (unpaired) electrons. The van der Waals surface area contributed by atoms with E-state index in [0.717, 1.165) is 30.1 Å². The monoisotopic (exact) mass is 403 g/mol. The summed E-state index contributed by atoms with van der Waals surface area (Å²) in [5, 5.41) is 2.55. The molecule has 148 valence electrons. The molecule has 3 rings (SSSR count). The van der Waals surface area contributed by atoms with Crippen LogP contribution in [-0.4, -0.2) is 36.9 Å². The van der Waals surface area contributed by atoms with Gasteiger partial charge in [-0.05, 0) is 31.0 Å². The van der Waals surface area contributed by atoms with Gasteiger partial charge >= 0.3 is 5.97 Å². The number of benzene rings is 2. The molecule has 1 heterocycles. The minimum absolute atomic E-state index is 0.0386. The van der Waals surface area contributed by atoms with E-state index < -0.39 is 24.3 Å². The Morgan fingerprint density at radius 1 is 1.18 bits per heavy atom. The number of carbonyl (C=O) groups excluding carboxylic acids is 2. The second kappa shape index (κ2) is 10.2. The van der Waals surface area contributed by atoms with Gasteiger partial charge in [0.05, 0.1) is 11.7 Å². The Morgan fingerprint density at radius 3 is 2.75 bits per heavy atom. The van der Waals surface area contributed by atoms with Gasteiger partial charge in [-0.15, -0.1) is 11.8 Å². The van der Waals surface area contributed by atoms with Crippen LogP contribution in [0.15, 0.2) is 53.4 Å². The lowest BCUT2D eigenvalue weighted by molar-refractivity contribution is -0.124. The average molecular weight is 403 g/mol. The van der Waals surface area contributed by atoms with Gasteiger partial charge < -0.3 is 14.8 Å². The van der Waals surface area contributed by atoms with E-state index in [0.29, 0.717) is 11.1 Å². The molecule has 0 unspecified atom stereocenters. The summed E-state index contributed by atoms with van der Waals surface area (Å²) in [4.78, 5) is 25.1. The van der Waals surface area contributed by atoms with Gasteiger partial charge in [0, 0.05) is 29.4 Å². The third-order valence-electron chi connectivity index (χ3n) is 4.32. The van der Waals surface area contributed by atoms with Crippen molar-refractivity contribution in [1.29, 1.82) is 0 Å². The van der Waals surface area contributed by atoms with Gasteiger partial charge in [0.2, 0.25) is 0 Å². The van der Waals surface area contributed by atoms with Gasteiger partial charge in [0.15, 0.2) is 6.61 Å². The first kappa shape index (κ1) is 20.4. The van der Waals surface area contributed by atoms with Gasteiger partial charge in [-0.3, -0.25) is 4.79 Å². The minimum Gasteiger partial charge on any atom is -0.452 e. The maximum atomic E-state index is 13.6. The number of amides is 1. The predicted octanol–water partition coefficient (Wildman–Crippen LogP) is 3.57. The third kappa shape index (κ3) is 5.81. The van der Waals surface area contributed by atoms with Crippen LogP contribution in [0.25, 0.3) is 0 Å². The van der Waals surface area contributed by atoms with Crippen molar-refractivity contribution in [2.45, 2.75) is 30.4 Å². The third-order valence-corrected chi connectivity index (χ3v) is 5.53. The van der Waals surface area contributed by atoms with E-state index in [2.05, 4.69) is 5.32 Å². The van der Waals surface area contributed by atoms with E-state index in [1.54, 1.807) is 42.1 Å². The summed E-state index contributed by atoms with van der Waals surface area (Å²) in [6.45, 7) is 0.409. The zero-order valence-electron chi connectivity index (χ0n) is 15.4. The highest BCUT2D eigenvalue weighted by Gasteiger charge is 2.19. The molecule has 0 bridgehead atoms. The number of nitrogens with one attached hydrogen (secondary N) is 1. The summed E-state index contributed by atoms with van der Waals surface area (Å²) >= 11 is 1.55. The molecule has 0 aliphatic carbocycles. The van der Waals surface area contributed by atoms with Crippen molar-refractivity contribution in [3.8, 4) is 0 Å². The van der Waals surface area contributed by atoms with Gasteiger partial charge in [0.25, 0.3) is 5.91 Å². The van der Waals surface area contributed by atoms with Crippen LogP contribution in [0.2, 0.25) is 0 Å². The summed E-state index contributed by atoms with van der Waals surface area (Å²) in [5.74, 6) is -0.664. The lowest BCUT2D eigenvalue weighted by Crippen LogP contribution is -2.28. The molecule has 2 aromatic rings. The standard InChI is InChI=1S/C21H22FNO4S/c22-18-9-3-1-6-15(18)12-23-20(24)13-27-21(25)17-8-2-4-10-19(17)28-14-16-7-5-11-26-16/h1-4,6,8-10,16H,5,7,11-14H2,(H,23,24)/t16-/m0/s1. The number of hydrogen-bond acceptors (Lipinski definition) is 5. The van der Waals surface area contributed by atoms with E-state index in [-0.39, 0.29) is 12.6 Å². The molecule has 28 heavy (non-hydrogen) atoms. The van der Waals surface area contributed by atoms with Gasteiger partial charge in [-0.1, -0.05) is 30.3 Å². The minimum atomic E-state index is -0.559. The van der Waals surface area contributed by atoms with Crippen molar-refractivity contribution >= 4 is 23.6 Å². The quantitative estimate of drug-likeness (QED) is 0.539. The van der Waals surface area contributed by atoms with Gasteiger partial charge in [-0.25, -0.2) is 9.18 Å². The van der Waals surface area contributed by atoms with Crippen molar-refractivity contribution in [3.05, 3.63) is 65.5 Å². The Bertz CT molecular complexity index is 824. The summed E-state index contributed by atoms with van der Waals surface area (Å²) in [7, 11) is 0. The van der Waals surface area contributed by atoms with E-state index in [9.17, 15) is 14.0 Å². The lowest BCUT2D eigenvalue weighted by atomic mass is 10.2. The molecule has 0 saturated carbocycles. The maximum Gasteiger partial charge on any atom is 0.339 e. The molecular weight excluding hydrogens is 381 g/mol. The Kier molecular flexibility index (Phi) is 7.45. The van der Waals surface area contributed by atoms with Gasteiger partial charge in [0.1, 0.15) is 5.82 Å². The predicted molar refractivity (Wildman–Crippen MR) is 105 cm³/mol. The van der Waals surface area contributed by atoms with Crippen molar-refractivity contribution in [2.24, 2.45) is 0 Å².